The number of hydrogen-bond acceptors (Lipinski definition) is 4. The molecule has 0 N–H and O–H groups in total. The molecule has 1 aliphatic heterocycles. The summed E-state index contributed by atoms with van der Waals surface area (Å²) in [5.41, 5.74) is 0.961. The van der Waals surface area contributed by atoms with E-state index < -0.39 is 20.7 Å². The van der Waals surface area contributed by atoms with Gasteiger partial charge in [0.1, 0.15) is 0 Å². The van der Waals surface area contributed by atoms with E-state index in [0.29, 0.717) is 0 Å². The quantitative estimate of drug-likeness (QED) is 0.861. The van der Waals surface area contributed by atoms with E-state index in [2.05, 4.69) is 4.18 Å². The van der Waals surface area contributed by atoms with E-state index >= 15 is 0 Å². The van der Waals surface area contributed by atoms with Crippen LogP contribution in [0.25, 0.3) is 6.08 Å². The maximum atomic E-state index is 11.9. The minimum Gasteiger partial charge on any atom is -0.251 e. The fourth-order valence-corrected chi connectivity index (χ4v) is 6.51. The Morgan fingerprint density at radius 3 is 2.33 bits per heavy atom. The zero-order valence-electron chi connectivity index (χ0n) is 11.3. The molecule has 4 nitrogen and oxygen atoms in total. The molecule has 0 aliphatic carbocycles. The van der Waals surface area contributed by atoms with Gasteiger partial charge in [0.2, 0.25) is 0 Å². The van der Waals surface area contributed by atoms with Gasteiger partial charge >= 0.3 is 10.4 Å². The van der Waals surface area contributed by atoms with Gasteiger partial charge in [0.05, 0.1) is 7.11 Å². The zero-order valence-corrected chi connectivity index (χ0v) is 12.9. The van der Waals surface area contributed by atoms with Crippen molar-refractivity contribution in [3.05, 3.63) is 65.6 Å². The van der Waals surface area contributed by atoms with Crippen LogP contribution in [-0.4, -0.2) is 15.5 Å². The summed E-state index contributed by atoms with van der Waals surface area (Å²) in [6.07, 6.45) is 1.89. The third-order valence-electron chi connectivity index (χ3n) is 3.17. The second kappa shape index (κ2) is 5.31. The van der Waals surface area contributed by atoms with E-state index in [9.17, 15) is 8.42 Å². The lowest BCUT2D eigenvalue weighted by Gasteiger charge is -2.33. The highest BCUT2D eigenvalue weighted by Crippen LogP contribution is 2.69. The monoisotopic (exact) mass is 322 g/mol. The van der Waals surface area contributed by atoms with E-state index in [0.717, 1.165) is 22.5 Å². The molecule has 1 aliphatic rings. The SMILES string of the molecule is COS(=O)(=O)OS1(c2ccccc2)C=Cc2ccccc21. The molecule has 0 saturated carbocycles. The summed E-state index contributed by atoms with van der Waals surface area (Å²) < 4.78 is 33.8. The van der Waals surface area contributed by atoms with Crippen molar-refractivity contribution >= 4 is 26.8 Å². The van der Waals surface area contributed by atoms with Crippen molar-refractivity contribution in [3.63, 3.8) is 0 Å². The van der Waals surface area contributed by atoms with Crippen molar-refractivity contribution in [2.75, 3.05) is 7.11 Å². The van der Waals surface area contributed by atoms with Gasteiger partial charge in [-0.3, -0.25) is 4.18 Å². The predicted octanol–water partition coefficient (Wildman–Crippen LogP) is 3.72. The van der Waals surface area contributed by atoms with Crippen LogP contribution in [0.1, 0.15) is 5.56 Å². The molecule has 6 heteroatoms. The Morgan fingerprint density at radius 2 is 1.62 bits per heavy atom. The van der Waals surface area contributed by atoms with E-state index in [-0.39, 0.29) is 0 Å². The summed E-state index contributed by atoms with van der Waals surface area (Å²) in [5, 5.41) is 1.82. The number of fused-ring (bicyclic) bond motifs is 1. The molecule has 2 aromatic carbocycles. The molecule has 0 radical (unpaired) electrons. The zero-order chi connectivity index (χ0) is 14.9. The van der Waals surface area contributed by atoms with Gasteiger partial charge in [0.15, 0.2) is 0 Å². The van der Waals surface area contributed by atoms with Gasteiger partial charge in [-0.1, -0.05) is 36.4 Å². The summed E-state index contributed by atoms with van der Waals surface area (Å²) in [4.78, 5) is 1.67. The Hall–Kier alpha value is -1.60. The fraction of sp³-hybridized carbons (Fsp3) is 0.0667. The van der Waals surface area contributed by atoms with Gasteiger partial charge in [-0.15, -0.1) is 0 Å². The maximum absolute atomic E-state index is 11.9. The molecule has 0 fully saturated rings. The fourth-order valence-electron chi connectivity index (χ4n) is 2.22. The largest absolute Gasteiger partial charge is 0.409 e. The van der Waals surface area contributed by atoms with Crippen LogP contribution < -0.4 is 0 Å². The number of rotatable bonds is 4. The van der Waals surface area contributed by atoms with Gasteiger partial charge in [-0.25, -0.2) is 0 Å². The molecule has 3 rings (SSSR count). The minimum absolute atomic E-state index is 0.812. The second-order valence-corrected chi connectivity index (χ2v) is 8.48. The van der Waals surface area contributed by atoms with Gasteiger partial charge in [0.25, 0.3) is 0 Å². The van der Waals surface area contributed by atoms with E-state index in [4.69, 9.17) is 3.63 Å². The molecule has 0 bridgehead atoms. The molecule has 110 valence electrons. The summed E-state index contributed by atoms with van der Waals surface area (Å²) >= 11 is 0. The predicted molar refractivity (Wildman–Crippen MR) is 83.1 cm³/mol. The highest BCUT2D eigenvalue weighted by atomic mass is 32.3. The molecule has 1 atom stereocenters. The average Bonchev–Trinajstić information content (AvgIpc) is 2.88. The van der Waals surface area contributed by atoms with Crippen molar-refractivity contribution in [1.82, 2.24) is 0 Å². The average molecular weight is 322 g/mol. The van der Waals surface area contributed by atoms with Gasteiger partial charge < -0.3 is 0 Å². The van der Waals surface area contributed by atoms with Crippen LogP contribution >= 0.6 is 10.3 Å². The van der Waals surface area contributed by atoms with E-state index in [1.54, 1.807) is 0 Å². The van der Waals surface area contributed by atoms with Gasteiger partial charge in [-0.2, -0.15) is 12.0 Å². The normalized spacial score (nSPS) is 23.5. The van der Waals surface area contributed by atoms with Crippen molar-refractivity contribution in [2.24, 2.45) is 0 Å². The van der Waals surface area contributed by atoms with Crippen LogP contribution in [0.3, 0.4) is 0 Å². The van der Waals surface area contributed by atoms with Crippen LogP contribution in [0.5, 0.6) is 0 Å². The first kappa shape index (κ1) is 14.3. The molecule has 2 aromatic rings. The molecule has 0 aromatic heterocycles. The lowest BCUT2D eigenvalue weighted by Crippen LogP contribution is -2.12. The van der Waals surface area contributed by atoms with Crippen molar-refractivity contribution in [3.8, 4) is 0 Å². The molecule has 0 saturated heterocycles. The lowest BCUT2D eigenvalue weighted by molar-refractivity contribution is 0.340. The Balaban J connectivity index is 2.21. The standard InChI is InChI=1S/C15H14O4S2/c1-18-21(16,17)19-20(14-8-3-2-4-9-14)12-11-13-7-5-6-10-15(13)20/h2-12H,1H3. The van der Waals surface area contributed by atoms with Crippen LogP contribution in [0.2, 0.25) is 0 Å². The van der Waals surface area contributed by atoms with Crippen LogP contribution in [0, 0.1) is 0 Å². The lowest BCUT2D eigenvalue weighted by atomic mass is 10.2. The second-order valence-electron chi connectivity index (χ2n) is 4.40. The third-order valence-corrected chi connectivity index (χ3v) is 7.62. The Kier molecular flexibility index (Phi) is 3.62. The van der Waals surface area contributed by atoms with Crippen LogP contribution in [0.4, 0.5) is 0 Å². The smallest absolute Gasteiger partial charge is 0.251 e. The van der Waals surface area contributed by atoms with Crippen molar-refractivity contribution in [1.29, 1.82) is 0 Å². The Bertz CT molecular complexity index is 784. The molecule has 1 heterocycles. The third kappa shape index (κ3) is 2.51. The first-order valence-corrected chi connectivity index (χ1v) is 9.20. The minimum atomic E-state index is -4.07. The van der Waals surface area contributed by atoms with Gasteiger partial charge in [0, 0.05) is 9.79 Å². The van der Waals surface area contributed by atoms with E-state index in [1.807, 2.05) is 66.1 Å². The van der Waals surface area contributed by atoms with Crippen molar-refractivity contribution < 1.29 is 16.2 Å². The summed E-state index contributed by atoms with van der Waals surface area (Å²) in [7, 11) is -5.23. The summed E-state index contributed by atoms with van der Waals surface area (Å²) in [6.45, 7) is 0. The van der Waals surface area contributed by atoms with E-state index in [1.165, 1.54) is 0 Å². The van der Waals surface area contributed by atoms with Crippen LogP contribution in [0.15, 0.2) is 69.8 Å². The summed E-state index contributed by atoms with van der Waals surface area (Å²) in [6, 6.07) is 17.0. The highest BCUT2D eigenvalue weighted by molar-refractivity contribution is 8.35. The first-order chi connectivity index (χ1) is 10.1. The molecule has 21 heavy (non-hydrogen) atoms. The summed E-state index contributed by atoms with van der Waals surface area (Å²) in [5.74, 6) is 0. The maximum Gasteiger partial charge on any atom is 0.409 e. The van der Waals surface area contributed by atoms with Gasteiger partial charge in [-0.05, 0) is 45.6 Å². The first-order valence-electron chi connectivity index (χ1n) is 6.25. The number of benzene rings is 2. The molecule has 0 amide bonds. The Labute approximate surface area is 125 Å². The molecular weight excluding hydrogens is 308 g/mol. The van der Waals surface area contributed by atoms with Crippen molar-refractivity contribution in [2.45, 2.75) is 9.79 Å². The topological polar surface area (TPSA) is 52.6 Å². The van der Waals surface area contributed by atoms with Crippen LogP contribution in [-0.2, 0) is 18.2 Å². The molecular formula is C15H14O4S2. The highest BCUT2D eigenvalue weighted by Gasteiger charge is 2.37. The number of hydrogen-bond donors (Lipinski definition) is 0. The molecule has 0 spiro atoms. The Morgan fingerprint density at radius 1 is 0.952 bits per heavy atom. The molecule has 1 unspecified atom stereocenters.